The number of aryl methyl sites for hydroxylation is 1. The van der Waals surface area contributed by atoms with E-state index in [2.05, 4.69) is 21.2 Å². The number of fused-ring (bicyclic) bond motifs is 1. The number of hydrogen-bond donors (Lipinski definition) is 1. The Hall–Kier alpha value is -3.45. The predicted octanol–water partition coefficient (Wildman–Crippen LogP) is 5.60. The van der Waals surface area contributed by atoms with Crippen LogP contribution < -0.4 is 10.2 Å². The van der Waals surface area contributed by atoms with E-state index in [9.17, 15) is 9.59 Å². The van der Waals surface area contributed by atoms with Crippen LogP contribution in [-0.2, 0) is 17.8 Å². The number of nitrogens with zero attached hydrogens (tertiary/aromatic N) is 3. The van der Waals surface area contributed by atoms with E-state index >= 15 is 0 Å². The van der Waals surface area contributed by atoms with Gasteiger partial charge >= 0.3 is 0 Å². The number of likely N-dealkylation sites (N-methyl/N-ethyl adjacent to an activating group) is 1. The van der Waals surface area contributed by atoms with Crippen LogP contribution in [0.15, 0.2) is 83.3 Å². The van der Waals surface area contributed by atoms with Crippen molar-refractivity contribution < 1.29 is 9.59 Å². The molecule has 0 bridgehead atoms. The van der Waals surface area contributed by atoms with E-state index in [0.29, 0.717) is 12.1 Å². The van der Waals surface area contributed by atoms with Crippen molar-refractivity contribution in [3.8, 4) is 0 Å². The SMILES string of the molecule is CN(C(=O)Cn1c(CCCCCNC(=O)c2cccc(Br)c2)nc2ccccc21)c1ccccc1. The first-order valence-electron chi connectivity index (χ1n) is 11.8. The van der Waals surface area contributed by atoms with Crippen molar-refractivity contribution in [2.24, 2.45) is 0 Å². The Balaban J connectivity index is 1.33. The van der Waals surface area contributed by atoms with E-state index in [1.807, 2.05) is 77.4 Å². The summed E-state index contributed by atoms with van der Waals surface area (Å²) in [5.74, 6) is 0.865. The van der Waals surface area contributed by atoms with Crippen molar-refractivity contribution in [2.75, 3.05) is 18.5 Å². The number of carbonyl (C=O) groups is 2. The molecule has 1 heterocycles. The average Bonchev–Trinajstić information content (AvgIpc) is 3.23. The smallest absolute Gasteiger partial charge is 0.251 e. The summed E-state index contributed by atoms with van der Waals surface area (Å²) < 4.78 is 2.92. The van der Waals surface area contributed by atoms with Gasteiger partial charge in [0.05, 0.1) is 11.0 Å². The number of halogens is 1. The third-order valence-electron chi connectivity index (χ3n) is 5.99. The lowest BCUT2D eigenvalue weighted by molar-refractivity contribution is -0.118. The molecule has 0 radical (unpaired) electrons. The zero-order chi connectivity index (χ0) is 24.6. The average molecular weight is 533 g/mol. The lowest BCUT2D eigenvalue weighted by Crippen LogP contribution is -2.30. The molecule has 0 saturated carbocycles. The van der Waals surface area contributed by atoms with Crippen LogP contribution in [0.4, 0.5) is 5.69 Å². The van der Waals surface area contributed by atoms with Crippen molar-refractivity contribution in [3.63, 3.8) is 0 Å². The molecule has 0 unspecified atom stereocenters. The first kappa shape index (κ1) is 24.7. The molecule has 0 spiro atoms. The first-order valence-corrected chi connectivity index (χ1v) is 12.6. The number of unbranched alkanes of at least 4 members (excludes halogenated alkanes) is 2. The number of imidazole rings is 1. The summed E-state index contributed by atoms with van der Waals surface area (Å²) in [6.07, 6.45) is 3.55. The number of nitrogens with one attached hydrogen (secondary N) is 1. The lowest BCUT2D eigenvalue weighted by Gasteiger charge is -2.18. The van der Waals surface area contributed by atoms with Gasteiger partial charge in [-0.05, 0) is 55.3 Å². The van der Waals surface area contributed by atoms with Gasteiger partial charge in [0.1, 0.15) is 12.4 Å². The van der Waals surface area contributed by atoms with Crippen LogP contribution in [0.5, 0.6) is 0 Å². The fourth-order valence-corrected chi connectivity index (χ4v) is 4.45. The lowest BCUT2D eigenvalue weighted by atomic mass is 10.1. The molecule has 4 rings (SSSR count). The number of anilines is 1. The van der Waals surface area contributed by atoms with Gasteiger partial charge in [-0.15, -0.1) is 0 Å². The Morgan fingerprint density at radius 3 is 2.51 bits per heavy atom. The Morgan fingerprint density at radius 2 is 1.71 bits per heavy atom. The largest absolute Gasteiger partial charge is 0.352 e. The Bertz CT molecular complexity index is 1300. The maximum atomic E-state index is 13.1. The van der Waals surface area contributed by atoms with Crippen molar-refractivity contribution in [1.29, 1.82) is 0 Å². The maximum Gasteiger partial charge on any atom is 0.251 e. The quantitative estimate of drug-likeness (QED) is 0.270. The van der Waals surface area contributed by atoms with Crippen molar-refractivity contribution in [1.82, 2.24) is 14.9 Å². The van der Waals surface area contributed by atoms with Crippen LogP contribution in [0.3, 0.4) is 0 Å². The third kappa shape index (κ3) is 6.36. The summed E-state index contributed by atoms with van der Waals surface area (Å²) >= 11 is 3.40. The van der Waals surface area contributed by atoms with Crippen molar-refractivity contribution in [3.05, 3.63) is 94.7 Å². The number of para-hydroxylation sites is 3. The fourth-order valence-electron chi connectivity index (χ4n) is 4.05. The highest BCUT2D eigenvalue weighted by Crippen LogP contribution is 2.19. The van der Waals surface area contributed by atoms with Crippen LogP contribution in [0.2, 0.25) is 0 Å². The fraction of sp³-hybridized carbons (Fsp3) is 0.250. The molecule has 6 nitrogen and oxygen atoms in total. The summed E-state index contributed by atoms with van der Waals surface area (Å²) in [6.45, 7) is 0.867. The molecular formula is C28H29BrN4O2. The molecule has 0 aliphatic heterocycles. The van der Waals surface area contributed by atoms with Crippen LogP contribution in [0.1, 0.15) is 35.4 Å². The van der Waals surface area contributed by atoms with Gasteiger partial charge in [0, 0.05) is 35.7 Å². The Morgan fingerprint density at radius 1 is 0.943 bits per heavy atom. The van der Waals surface area contributed by atoms with Gasteiger partial charge in [-0.25, -0.2) is 4.98 Å². The molecule has 180 valence electrons. The van der Waals surface area contributed by atoms with Crippen LogP contribution >= 0.6 is 15.9 Å². The second-order valence-corrected chi connectivity index (χ2v) is 9.38. The van der Waals surface area contributed by atoms with E-state index in [1.54, 1.807) is 18.0 Å². The maximum absolute atomic E-state index is 13.1. The molecule has 0 saturated heterocycles. The minimum absolute atomic E-state index is 0.0101. The number of carbonyl (C=O) groups excluding carboxylic acids is 2. The monoisotopic (exact) mass is 532 g/mol. The molecule has 1 aromatic heterocycles. The van der Waals surface area contributed by atoms with Gasteiger partial charge in [0.15, 0.2) is 0 Å². The molecule has 0 aliphatic carbocycles. The Labute approximate surface area is 214 Å². The standard InChI is InChI=1S/C28H29BrN4O2/c1-32(23-13-4-2-5-14-23)27(34)20-33-25-16-8-7-15-24(25)31-26(33)17-6-3-9-18-30-28(35)21-11-10-12-22(29)19-21/h2,4-5,7-8,10-16,19H,3,6,9,17-18,20H2,1H3,(H,30,35). The highest BCUT2D eigenvalue weighted by molar-refractivity contribution is 9.10. The van der Waals surface area contributed by atoms with E-state index in [1.165, 1.54) is 0 Å². The molecule has 2 amide bonds. The zero-order valence-electron chi connectivity index (χ0n) is 19.8. The summed E-state index contributed by atoms with van der Waals surface area (Å²) in [4.78, 5) is 31.8. The molecule has 35 heavy (non-hydrogen) atoms. The molecule has 0 fully saturated rings. The molecule has 4 aromatic rings. The molecular weight excluding hydrogens is 504 g/mol. The normalized spacial score (nSPS) is 10.9. The van der Waals surface area contributed by atoms with Crippen LogP contribution in [0, 0.1) is 0 Å². The molecule has 1 N–H and O–H groups in total. The zero-order valence-corrected chi connectivity index (χ0v) is 21.4. The number of benzene rings is 3. The highest BCUT2D eigenvalue weighted by atomic mass is 79.9. The van der Waals surface area contributed by atoms with E-state index < -0.39 is 0 Å². The number of amides is 2. The van der Waals surface area contributed by atoms with Crippen molar-refractivity contribution in [2.45, 2.75) is 32.2 Å². The van der Waals surface area contributed by atoms with Gasteiger partial charge in [0.25, 0.3) is 5.91 Å². The second kappa shape index (κ2) is 11.8. The summed E-state index contributed by atoms with van der Waals surface area (Å²) in [5, 5.41) is 2.98. The Kier molecular flexibility index (Phi) is 8.32. The number of aromatic nitrogens is 2. The van der Waals surface area contributed by atoms with Gasteiger partial charge in [-0.3, -0.25) is 9.59 Å². The van der Waals surface area contributed by atoms with E-state index in [4.69, 9.17) is 4.98 Å². The van der Waals surface area contributed by atoms with Gasteiger partial charge < -0.3 is 14.8 Å². The summed E-state index contributed by atoms with van der Waals surface area (Å²) in [7, 11) is 1.80. The minimum atomic E-state index is -0.0610. The van der Waals surface area contributed by atoms with Gasteiger partial charge in [0.2, 0.25) is 5.91 Å². The second-order valence-electron chi connectivity index (χ2n) is 8.47. The van der Waals surface area contributed by atoms with E-state index in [-0.39, 0.29) is 18.4 Å². The third-order valence-corrected chi connectivity index (χ3v) is 6.49. The minimum Gasteiger partial charge on any atom is -0.352 e. The highest BCUT2D eigenvalue weighted by Gasteiger charge is 2.17. The first-order chi connectivity index (χ1) is 17.0. The van der Waals surface area contributed by atoms with Gasteiger partial charge in [-0.2, -0.15) is 0 Å². The van der Waals surface area contributed by atoms with Crippen LogP contribution in [0.25, 0.3) is 11.0 Å². The molecule has 0 aliphatic rings. The molecule has 7 heteroatoms. The topological polar surface area (TPSA) is 67.2 Å². The number of hydrogen-bond acceptors (Lipinski definition) is 3. The molecule has 0 atom stereocenters. The number of rotatable bonds is 10. The van der Waals surface area contributed by atoms with Crippen molar-refractivity contribution >= 4 is 44.5 Å². The van der Waals surface area contributed by atoms with Gasteiger partial charge in [-0.1, -0.05) is 58.7 Å². The molecule has 3 aromatic carbocycles. The summed E-state index contributed by atoms with van der Waals surface area (Å²) in [6, 6.07) is 25.0. The predicted molar refractivity (Wildman–Crippen MR) is 144 cm³/mol. The van der Waals surface area contributed by atoms with Crippen LogP contribution in [-0.4, -0.2) is 35.0 Å². The van der Waals surface area contributed by atoms with E-state index in [0.717, 1.165) is 52.7 Å². The summed E-state index contributed by atoms with van der Waals surface area (Å²) in [5.41, 5.74) is 3.39.